The van der Waals surface area contributed by atoms with Crippen LogP contribution in [0.15, 0.2) is 49.2 Å². The van der Waals surface area contributed by atoms with Crippen molar-refractivity contribution in [2.45, 2.75) is 20.0 Å². The molecule has 0 spiro atoms. The summed E-state index contributed by atoms with van der Waals surface area (Å²) in [6.07, 6.45) is 7.27. The van der Waals surface area contributed by atoms with Crippen molar-refractivity contribution in [3.05, 3.63) is 60.6 Å². The Kier molecular flexibility index (Phi) is 6.87. The van der Waals surface area contributed by atoms with Gasteiger partial charge in [-0.3, -0.25) is 9.59 Å². The van der Waals surface area contributed by atoms with E-state index in [4.69, 9.17) is 9.90 Å². The van der Waals surface area contributed by atoms with Gasteiger partial charge >= 0.3 is 0 Å². The molecular weight excluding hydrogens is 346 g/mol. The molecule has 0 bridgehead atoms. The molecule has 0 aliphatic heterocycles. The molecule has 8 nitrogen and oxygen atoms in total. The Morgan fingerprint density at radius 1 is 1.30 bits per heavy atom. The average molecular weight is 369 g/mol. The summed E-state index contributed by atoms with van der Waals surface area (Å²) < 4.78 is 3.99. The molecule has 0 fully saturated rings. The van der Waals surface area contributed by atoms with E-state index in [-0.39, 0.29) is 12.4 Å². The molecule has 0 saturated heterocycles. The molecule has 8 heteroatoms. The van der Waals surface area contributed by atoms with Crippen LogP contribution in [-0.2, 0) is 24.9 Å². The fourth-order valence-corrected chi connectivity index (χ4v) is 2.70. The van der Waals surface area contributed by atoms with Gasteiger partial charge < -0.3 is 19.1 Å². The maximum Gasteiger partial charge on any atom is 0.290 e. The molecular formula is C19H23N5O3. The first-order chi connectivity index (χ1) is 13.0. The number of amides is 1. The van der Waals surface area contributed by atoms with E-state index >= 15 is 0 Å². The zero-order chi connectivity index (χ0) is 19.8. The number of hydrogen-bond donors (Lipinski definition) is 1. The molecule has 3 aromatic rings. The summed E-state index contributed by atoms with van der Waals surface area (Å²) in [5.74, 6) is 0.872. The van der Waals surface area contributed by atoms with E-state index in [0.29, 0.717) is 12.1 Å². The van der Waals surface area contributed by atoms with E-state index < -0.39 is 0 Å². The van der Waals surface area contributed by atoms with E-state index in [1.54, 1.807) is 24.5 Å². The van der Waals surface area contributed by atoms with Crippen LogP contribution in [0.1, 0.15) is 23.1 Å². The van der Waals surface area contributed by atoms with Crippen molar-refractivity contribution in [1.29, 1.82) is 0 Å². The Balaban J connectivity index is 0.000000817. The monoisotopic (exact) mass is 369 g/mol. The van der Waals surface area contributed by atoms with Gasteiger partial charge in [0.25, 0.3) is 12.4 Å². The second-order valence-corrected chi connectivity index (χ2v) is 5.86. The number of hydrogen-bond acceptors (Lipinski definition) is 4. The molecule has 0 aliphatic rings. The van der Waals surface area contributed by atoms with Crippen molar-refractivity contribution in [3.8, 4) is 11.3 Å². The Hall–Kier alpha value is -3.42. The predicted octanol–water partition coefficient (Wildman–Crippen LogP) is 2.28. The third-order valence-electron chi connectivity index (χ3n) is 4.11. The van der Waals surface area contributed by atoms with E-state index in [1.165, 1.54) is 0 Å². The maximum atomic E-state index is 12.6. The first-order valence-electron chi connectivity index (χ1n) is 8.41. The standard InChI is InChI=1S/C18H21N5O.CH2O2/c1-4-23-10-9-20-17(23)12-21(2)18(24)15-7-5-14(6-8-15)16-11-19-13-22(16)3;2-1-3/h5-11,13H,4,12H2,1-3H3;1H,(H,2,3). The molecule has 0 aliphatic carbocycles. The topological polar surface area (TPSA) is 93.3 Å². The lowest BCUT2D eigenvalue weighted by molar-refractivity contribution is -0.122. The highest BCUT2D eigenvalue weighted by Crippen LogP contribution is 2.19. The van der Waals surface area contributed by atoms with Crippen LogP contribution in [0.2, 0.25) is 0 Å². The number of nitrogens with zero attached hydrogens (tertiary/aromatic N) is 5. The molecule has 142 valence electrons. The molecule has 0 radical (unpaired) electrons. The molecule has 2 heterocycles. The van der Waals surface area contributed by atoms with Crippen molar-refractivity contribution < 1.29 is 14.7 Å². The molecule has 0 atom stereocenters. The predicted molar refractivity (Wildman–Crippen MR) is 101 cm³/mol. The number of aryl methyl sites for hydroxylation is 2. The lowest BCUT2D eigenvalue weighted by atomic mass is 10.1. The largest absolute Gasteiger partial charge is 0.483 e. The van der Waals surface area contributed by atoms with Gasteiger partial charge in [-0.2, -0.15) is 0 Å². The molecule has 1 amide bonds. The smallest absolute Gasteiger partial charge is 0.290 e. The molecule has 3 rings (SSSR count). The van der Waals surface area contributed by atoms with Gasteiger partial charge in [0.15, 0.2) is 0 Å². The van der Waals surface area contributed by atoms with Gasteiger partial charge in [0, 0.05) is 38.6 Å². The molecule has 1 N–H and O–H groups in total. The van der Waals surface area contributed by atoms with E-state index in [9.17, 15) is 4.79 Å². The van der Waals surface area contributed by atoms with Crippen molar-refractivity contribution in [2.24, 2.45) is 7.05 Å². The molecule has 2 aromatic heterocycles. The minimum Gasteiger partial charge on any atom is -0.483 e. The third-order valence-corrected chi connectivity index (χ3v) is 4.11. The Morgan fingerprint density at radius 3 is 2.52 bits per heavy atom. The molecule has 1 aromatic carbocycles. The summed E-state index contributed by atoms with van der Waals surface area (Å²) >= 11 is 0. The van der Waals surface area contributed by atoms with Crippen LogP contribution in [0, 0.1) is 0 Å². The number of carbonyl (C=O) groups excluding carboxylic acids is 1. The Labute approximate surface area is 157 Å². The van der Waals surface area contributed by atoms with Crippen molar-refractivity contribution in [1.82, 2.24) is 24.0 Å². The van der Waals surface area contributed by atoms with Crippen LogP contribution in [0.25, 0.3) is 11.3 Å². The minimum absolute atomic E-state index is 0.0165. The maximum absolute atomic E-state index is 12.6. The second-order valence-electron chi connectivity index (χ2n) is 5.86. The van der Waals surface area contributed by atoms with Crippen LogP contribution in [-0.4, -0.2) is 48.5 Å². The van der Waals surface area contributed by atoms with Crippen molar-refractivity contribution >= 4 is 12.4 Å². The number of benzene rings is 1. The third kappa shape index (κ3) is 4.81. The zero-order valence-corrected chi connectivity index (χ0v) is 15.6. The summed E-state index contributed by atoms with van der Waals surface area (Å²) in [6.45, 7) is 3.14. The first-order valence-corrected chi connectivity index (χ1v) is 8.41. The van der Waals surface area contributed by atoms with Crippen LogP contribution in [0.5, 0.6) is 0 Å². The normalized spacial score (nSPS) is 10.0. The highest BCUT2D eigenvalue weighted by Gasteiger charge is 2.14. The van der Waals surface area contributed by atoms with Gasteiger partial charge in [-0.15, -0.1) is 0 Å². The highest BCUT2D eigenvalue weighted by atomic mass is 16.3. The highest BCUT2D eigenvalue weighted by molar-refractivity contribution is 5.94. The summed E-state index contributed by atoms with van der Waals surface area (Å²) in [7, 11) is 3.75. The van der Waals surface area contributed by atoms with Crippen molar-refractivity contribution in [3.63, 3.8) is 0 Å². The summed E-state index contributed by atoms with van der Waals surface area (Å²) in [6, 6.07) is 7.61. The number of imidazole rings is 2. The number of rotatable bonds is 5. The number of carboxylic acid groups (broad SMARTS) is 1. The lowest BCUT2D eigenvalue weighted by Crippen LogP contribution is -2.27. The fraction of sp³-hybridized carbons (Fsp3) is 0.263. The lowest BCUT2D eigenvalue weighted by Gasteiger charge is -2.17. The van der Waals surface area contributed by atoms with E-state index in [0.717, 1.165) is 23.6 Å². The SMILES string of the molecule is CCn1ccnc1CN(C)C(=O)c1ccc(-c2cncn2C)cc1.O=CO. The van der Waals surface area contributed by atoms with E-state index in [1.807, 2.05) is 52.8 Å². The summed E-state index contributed by atoms with van der Waals surface area (Å²) in [5.41, 5.74) is 2.72. The number of aromatic nitrogens is 4. The first kappa shape index (κ1) is 19.9. The molecule has 27 heavy (non-hydrogen) atoms. The quantitative estimate of drug-likeness (QED) is 0.697. The van der Waals surface area contributed by atoms with Gasteiger partial charge in [0.2, 0.25) is 0 Å². The van der Waals surface area contributed by atoms with Gasteiger partial charge in [-0.05, 0) is 24.6 Å². The van der Waals surface area contributed by atoms with Gasteiger partial charge in [0.1, 0.15) is 5.82 Å². The van der Waals surface area contributed by atoms with Crippen LogP contribution in [0.4, 0.5) is 0 Å². The van der Waals surface area contributed by atoms with Gasteiger partial charge in [-0.1, -0.05) is 12.1 Å². The van der Waals surface area contributed by atoms with Crippen LogP contribution >= 0.6 is 0 Å². The molecule has 0 saturated carbocycles. The molecule has 0 unspecified atom stereocenters. The van der Waals surface area contributed by atoms with E-state index in [2.05, 4.69) is 16.9 Å². The van der Waals surface area contributed by atoms with Crippen LogP contribution in [0.3, 0.4) is 0 Å². The average Bonchev–Trinajstić information content (AvgIpc) is 3.30. The van der Waals surface area contributed by atoms with Gasteiger partial charge in [-0.25, -0.2) is 9.97 Å². The Bertz CT molecular complexity index is 883. The summed E-state index contributed by atoms with van der Waals surface area (Å²) in [5, 5.41) is 6.89. The van der Waals surface area contributed by atoms with Crippen LogP contribution < -0.4 is 0 Å². The van der Waals surface area contributed by atoms with Crippen molar-refractivity contribution in [2.75, 3.05) is 7.05 Å². The fourth-order valence-electron chi connectivity index (χ4n) is 2.70. The number of carbonyl (C=O) groups is 2. The summed E-state index contributed by atoms with van der Waals surface area (Å²) in [4.78, 5) is 31.1. The zero-order valence-electron chi connectivity index (χ0n) is 15.6. The minimum atomic E-state index is -0.250. The Morgan fingerprint density at radius 2 is 1.96 bits per heavy atom. The van der Waals surface area contributed by atoms with Gasteiger partial charge in [0.05, 0.1) is 24.8 Å². The second kappa shape index (κ2) is 9.33.